The highest BCUT2D eigenvalue weighted by Gasteiger charge is 2.34. The van der Waals surface area contributed by atoms with Crippen LogP contribution in [-0.4, -0.2) is 40.2 Å². The number of aliphatic imine (C=N–C) groups is 1. The fourth-order valence-corrected chi connectivity index (χ4v) is 3.89. The van der Waals surface area contributed by atoms with Gasteiger partial charge in [0.2, 0.25) is 5.17 Å². The van der Waals surface area contributed by atoms with Crippen LogP contribution in [0.25, 0.3) is 6.08 Å². The van der Waals surface area contributed by atoms with Crippen molar-refractivity contribution in [1.82, 2.24) is 5.01 Å². The Balaban J connectivity index is 1.36. The number of amidine groups is 2. The first-order chi connectivity index (χ1) is 15.0. The number of nitrogens with one attached hydrogen (secondary N) is 1. The number of carbonyl (C=O) groups is 1. The van der Waals surface area contributed by atoms with Crippen LogP contribution < -0.4 is 9.47 Å². The molecule has 2 heterocycles. The molecule has 2 aliphatic heterocycles. The lowest BCUT2D eigenvalue weighted by atomic mass is 10.1. The van der Waals surface area contributed by atoms with E-state index in [0.717, 1.165) is 17.0 Å². The van der Waals surface area contributed by atoms with Gasteiger partial charge >= 0.3 is 0 Å². The molecule has 7 nitrogen and oxygen atoms in total. The maximum absolute atomic E-state index is 12.4. The average Bonchev–Trinajstić information content (AvgIpc) is 3.19. The minimum atomic E-state index is -0.437. The molecule has 4 rings (SSSR count). The number of rotatable bonds is 7. The van der Waals surface area contributed by atoms with Gasteiger partial charge in [-0.3, -0.25) is 10.2 Å². The summed E-state index contributed by atoms with van der Waals surface area (Å²) in [7, 11) is 0. The van der Waals surface area contributed by atoms with Crippen LogP contribution in [0.15, 0.2) is 64.2 Å². The highest BCUT2D eigenvalue weighted by atomic mass is 35.5. The molecule has 0 saturated heterocycles. The Labute approximate surface area is 188 Å². The van der Waals surface area contributed by atoms with Gasteiger partial charge in [-0.05, 0) is 54.1 Å². The predicted octanol–water partition coefficient (Wildman–Crippen LogP) is 4.83. The summed E-state index contributed by atoms with van der Waals surface area (Å²) in [6.07, 6.45) is 2.37. The van der Waals surface area contributed by atoms with Gasteiger partial charge < -0.3 is 9.47 Å². The van der Waals surface area contributed by atoms with Gasteiger partial charge in [-0.2, -0.15) is 15.1 Å². The molecule has 0 fully saturated rings. The monoisotopic (exact) mass is 454 g/mol. The van der Waals surface area contributed by atoms with Crippen LogP contribution in [0.2, 0.25) is 5.02 Å². The quantitative estimate of drug-likeness (QED) is 0.478. The second-order valence-corrected chi connectivity index (χ2v) is 8.01. The van der Waals surface area contributed by atoms with Gasteiger partial charge in [0.15, 0.2) is 5.84 Å². The molecule has 31 heavy (non-hydrogen) atoms. The molecule has 0 atom stereocenters. The number of halogens is 1. The smallest absolute Gasteiger partial charge is 0.283 e. The Kier molecular flexibility index (Phi) is 6.39. The van der Waals surface area contributed by atoms with Crippen molar-refractivity contribution >= 4 is 51.4 Å². The maximum Gasteiger partial charge on any atom is 0.283 e. The minimum Gasteiger partial charge on any atom is -0.490 e. The van der Waals surface area contributed by atoms with Gasteiger partial charge in [0, 0.05) is 0 Å². The zero-order valence-corrected chi connectivity index (χ0v) is 18.2. The van der Waals surface area contributed by atoms with Crippen molar-refractivity contribution in [2.75, 3.05) is 13.2 Å². The van der Waals surface area contributed by atoms with E-state index in [-0.39, 0.29) is 11.4 Å². The Morgan fingerprint density at radius 2 is 1.87 bits per heavy atom. The summed E-state index contributed by atoms with van der Waals surface area (Å²) in [5.74, 6) is 0.881. The summed E-state index contributed by atoms with van der Waals surface area (Å²) < 4.78 is 11.3. The van der Waals surface area contributed by atoms with Gasteiger partial charge in [-0.1, -0.05) is 42.8 Å². The molecule has 158 valence electrons. The van der Waals surface area contributed by atoms with Crippen LogP contribution >= 0.6 is 23.4 Å². The molecule has 0 unspecified atom stereocenters. The third-order valence-electron chi connectivity index (χ3n) is 4.44. The Morgan fingerprint density at radius 3 is 2.61 bits per heavy atom. The molecule has 0 bridgehead atoms. The lowest BCUT2D eigenvalue weighted by molar-refractivity contribution is -0.114. The standard InChI is InChI=1S/C22H19ClN4O3S/c1-2-19-26-27-20(24)16(21(28)25-22(27)31-19)13-14-7-9-15(10-8-14)29-11-12-30-18-6-4-3-5-17(18)23/h3-10,13,24H,2,11-12H2,1H3. The summed E-state index contributed by atoms with van der Waals surface area (Å²) in [6.45, 7) is 2.69. The molecular formula is C22H19ClN4O3S. The largest absolute Gasteiger partial charge is 0.490 e. The van der Waals surface area contributed by atoms with Crippen molar-refractivity contribution in [3.63, 3.8) is 0 Å². The van der Waals surface area contributed by atoms with Crippen LogP contribution in [0.1, 0.15) is 18.9 Å². The first-order valence-corrected chi connectivity index (χ1v) is 10.8. The lowest BCUT2D eigenvalue weighted by Gasteiger charge is -2.20. The van der Waals surface area contributed by atoms with Gasteiger partial charge in [0.1, 0.15) is 29.8 Å². The number of amides is 1. The molecule has 0 aliphatic carbocycles. The molecule has 2 aromatic carbocycles. The Hall–Kier alpha value is -3.10. The number of fused-ring (bicyclic) bond motifs is 1. The van der Waals surface area contributed by atoms with Crippen LogP contribution in [-0.2, 0) is 4.79 Å². The first-order valence-electron chi connectivity index (χ1n) is 9.64. The zero-order valence-electron chi connectivity index (χ0n) is 16.7. The van der Waals surface area contributed by atoms with Crippen molar-refractivity contribution in [1.29, 1.82) is 5.41 Å². The molecule has 2 aliphatic rings. The molecule has 9 heteroatoms. The number of nitrogens with zero attached hydrogens (tertiary/aromatic N) is 3. The van der Waals surface area contributed by atoms with E-state index in [2.05, 4.69) is 10.1 Å². The Morgan fingerprint density at radius 1 is 1.13 bits per heavy atom. The second-order valence-electron chi connectivity index (χ2n) is 6.56. The first kappa shape index (κ1) is 21.1. The van der Waals surface area contributed by atoms with Crippen LogP contribution in [0, 0.1) is 5.41 Å². The van der Waals surface area contributed by atoms with Crippen molar-refractivity contribution in [3.8, 4) is 11.5 Å². The fraction of sp³-hybridized carbons (Fsp3) is 0.182. The lowest BCUT2D eigenvalue weighted by Crippen LogP contribution is -2.35. The van der Waals surface area contributed by atoms with Crippen LogP contribution in [0.3, 0.4) is 0 Å². The van der Waals surface area contributed by atoms with E-state index < -0.39 is 5.91 Å². The number of thioether (sulfide) groups is 1. The van der Waals surface area contributed by atoms with E-state index in [1.54, 1.807) is 30.3 Å². The third-order valence-corrected chi connectivity index (χ3v) is 5.80. The van der Waals surface area contributed by atoms with Crippen molar-refractivity contribution < 1.29 is 14.3 Å². The van der Waals surface area contributed by atoms with E-state index in [1.165, 1.54) is 16.8 Å². The highest BCUT2D eigenvalue weighted by Crippen LogP contribution is 2.29. The molecule has 0 aromatic heterocycles. The van der Waals surface area contributed by atoms with E-state index in [1.807, 2.05) is 31.2 Å². The van der Waals surface area contributed by atoms with E-state index in [0.29, 0.717) is 34.9 Å². The predicted molar refractivity (Wildman–Crippen MR) is 124 cm³/mol. The summed E-state index contributed by atoms with van der Waals surface area (Å²) in [6, 6.07) is 14.5. The van der Waals surface area contributed by atoms with Crippen LogP contribution in [0.5, 0.6) is 11.5 Å². The molecule has 1 N–H and O–H groups in total. The van der Waals surface area contributed by atoms with E-state index >= 15 is 0 Å². The normalized spacial score (nSPS) is 16.8. The number of hydrogen-bond donors (Lipinski definition) is 1. The molecule has 1 amide bonds. The van der Waals surface area contributed by atoms with Crippen molar-refractivity contribution in [2.45, 2.75) is 13.3 Å². The molecule has 0 saturated carbocycles. The number of hydrazone groups is 1. The summed E-state index contributed by atoms with van der Waals surface area (Å²) in [5.41, 5.74) is 0.963. The average molecular weight is 455 g/mol. The minimum absolute atomic E-state index is 0.0306. The SMILES string of the molecule is CCC1=NN2C(=N)C(=Cc3ccc(OCCOc4ccccc4Cl)cc3)C(=O)N=C2S1. The maximum atomic E-state index is 12.4. The Bertz CT molecular complexity index is 1110. The molecule has 0 radical (unpaired) electrons. The number of ether oxygens (including phenoxy) is 2. The van der Waals surface area contributed by atoms with Gasteiger partial charge in [-0.15, -0.1) is 0 Å². The number of hydrogen-bond acceptors (Lipinski definition) is 6. The highest BCUT2D eigenvalue weighted by molar-refractivity contribution is 8.26. The van der Waals surface area contributed by atoms with Crippen LogP contribution in [0.4, 0.5) is 0 Å². The molecule has 2 aromatic rings. The molecule has 0 spiro atoms. The van der Waals surface area contributed by atoms with Gasteiger partial charge in [-0.25, -0.2) is 0 Å². The van der Waals surface area contributed by atoms with Gasteiger partial charge in [0.05, 0.1) is 10.6 Å². The summed E-state index contributed by atoms with van der Waals surface area (Å²) in [4.78, 5) is 16.5. The number of para-hydroxylation sites is 1. The third kappa shape index (κ3) is 4.81. The zero-order chi connectivity index (χ0) is 21.8. The number of carbonyl (C=O) groups excluding carboxylic acids is 1. The van der Waals surface area contributed by atoms with Gasteiger partial charge in [0.25, 0.3) is 5.91 Å². The fourth-order valence-electron chi connectivity index (χ4n) is 2.87. The second kappa shape index (κ2) is 9.36. The van der Waals surface area contributed by atoms with Crippen molar-refractivity contribution in [3.05, 3.63) is 64.7 Å². The summed E-state index contributed by atoms with van der Waals surface area (Å²) in [5, 5.41) is 15.9. The topological polar surface area (TPSA) is 87.3 Å². The molecular weight excluding hydrogens is 436 g/mol. The number of benzene rings is 2. The van der Waals surface area contributed by atoms with E-state index in [9.17, 15) is 4.79 Å². The van der Waals surface area contributed by atoms with Crippen molar-refractivity contribution in [2.24, 2.45) is 10.1 Å². The summed E-state index contributed by atoms with van der Waals surface area (Å²) >= 11 is 7.38. The van der Waals surface area contributed by atoms with E-state index in [4.69, 9.17) is 26.5 Å².